The summed E-state index contributed by atoms with van der Waals surface area (Å²) in [4.78, 5) is 28.0. The highest BCUT2D eigenvalue weighted by Crippen LogP contribution is 2.31. The van der Waals surface area contributed by atoms with E-state index in [9.17, 15) is 14.7 Å². The van der Waals surface area contributed by atoms with Gasteiger partial charge >= 0.3 is 6.09 Å². The highest BCUT2D eigenvalue weighted by atomic mass is 35.5. The number of rotatable bonds is 6. The van der Waals surface area contributed by atoms with Crippen LogP contribution in [-0.2, 0) is 17.9 Å². The highest BCUT2D eigenvalue weighted by Gasteiger charge is 2.33. The molecular weight excluding hydrogens is 412 g/mol. The van der Waals surface area contributed by atoms with Crippen LogP contribution < -0.4 is 10.1 Å². The summed E-state index contributed by atoms with van der Waals surface area (Å²) in [6.45, 7) is 2.67. The number of carbonyl (C=O) groups excluding carboxylic acids is 1. The third kappa shape index (κ3) is 4.20. The van der Waals surface area contributed by atoms with Gasteiger partial charge in [-0.1, -0.05) is 16.8 Å². The first-order valence-corrected chi connectivity index (χ1v) is 9.92. The molecule has 10 heteroatoms. The van der Waals surface area contributed by atoms with Crippen molar-refractivity contribution in [1.82, 2.24) is 20.4 Å². The largest absolute Gasteiger partial charge is 0.484 e. The molecule has 158 valence electrons. The van der Waals surface area contributed by atoms with Crippen LogP contribution in [0, 0.1) is 6.92 Å². The smallest absolute Gasteiger partial charge is 0.407 e. The first-order chi connectivity index (χ1) is 14.4. The zero-order chi connectivity index (χ0) is 21.3. The molecule has 4 rings (SSSR count). The Morgan fingerprint density at radius 3 is 2.97 bits per heavy atom. The molecule has 1 unspecified atom stereocenters. The maximum absolute atomic E-state index is 12.4. The van der Waals surface area contributed by atoms with Crippen molar-refractivity contribution in [2.45, 2.75) is 39.0 Å². The van der Waals surface area contributed by atoms with E-state index in [4.69, 9.17) is 20.9 Å². The fraction of sp³-hybridized carbons (Fsp3) is 0.350. The Balaban J connectivity index is 1.41. The molecule has 1 aromatic carbocycles. The minimum absolute atomic E-state index is 0.206. The van der Waals surface area contributed by atoms with Gasteiger partial charge in [-0.25, -0.2) is 4.79 Å². The monoisotopic (exact) mass is 432 g/mol. The van der Waals surface area contributed by atoms with Gasteiger partial charge in [0, 0.05) is 35.3 Å². The molecule has 1 atom stereocenters. The molecule has 3 heterocycles. The average Bonchev–Trinajstić information content (AvgIpc) is 3.43. The van der Waals surface area contributed by atoms with Gasteiger partial charge in [0.15, 0.2) is 5.76 Å². The molecule has 9 nitrogen and oxygen atoms in total. The van der Waals surface area contributed by atoms with E-state index in [0.717, 1.165) is 22.3 Å². The molecule has 0 aliphatic carbocycles. The van der Waals surface area contributed by atoms with Crippen molar-refractivity contribution >= 4 is 34.5 Å². The van der Waals surface area contributed by atoms with Crippen LogP contribution in [0.3, 0.4) is 0 Å². The number of fused-ring (bicyclic) bond motifs is 1. The molecule has 1 aliphatic heterocycles. The highest BCUT2D eigenvalue weighted by molar-refractivity contribution is 6.32. The van der Waals surface area contributed by atoms with Crippen molar-refractivity contribution in [2.24, 2.45) is 0 Å². The lowest BCUT2D eigenvalue weighted by Crippen LogP contribution is -2.45. The molecule has 0 bridgehead atoms. The van der Waals surface area contributed by atoms with Crippen molar-refractivity contribution < 1.29 is 24.0 Å². The SMILES string of the molecule is Cc1cc(COc2cc3[nH]c(CNC(=O)C4CCCN4C(=O)O)cc3cc2Cl)on1. The molecule has 0 spiro atoms. The maximum atomic E-state index is 12.4. The molecule has 30 heavy (non-hydrogen) atoms. The van der Waals surface area contributed by atoms with E-state index >= 15 is 0 Å². The minimum atomic E-state index is -1.07. The second-order valence-electron chi connectivity index (χ2n) is 7.24. The molecule has 1 fully saturated rings. The number of aromatic amines is 1. The number of hydrogen-bond acceptors (Lipinski definition) is 5. The minimum Gasteiger partial charge on any atom is -0.484 e. The van der Waals surface area contributed by atoms with Crippen LogP contribution in [0.4, 0.5) is 4.79 Å². The predicted molar refractivity (Wildman–Crippen MR) is 108 cm³/mol. The Hall–Kier alpha value is -3.20. The van der Waals surface area contributed by atoms with Gasteiger partial charge < -0.3 is 24.7 Å². The van der Waals surface area contributed by atoms with Gasteiger partial charge in [-0.3, -0.25) is 9.69 Å². The van der Waals surface area contributed by atoms with Gasteiger partial charge in [-0.15, -0.1) is 0 Å². The number of amides is 2. The maximum Gasteiger partial charge on any atom is 0.407 e. The number of H-pyrrole nitrogens is 1. The quantitative estimate of drug-likeness (QED) is 0.548. The molecule has 0 saturated carbocycles. The lowest BCUT2D eigenvalue weighted by atomic mass is 10.2. The first kappa shape index (κ1) is 20.1. The van der Waals surface area contributed by atoms with E-state index in [0.29, 0.717) is 35.9 Å². The van der Waals surface area contributed by atoms with Crippen LogP contribution in [0.1, 0.15) is 30.0 Å². The molecule has 2 amide bonds. The number of hydrogen-bond donors (Lipinski definition) is 3. The summed E-state index contributed by atoms with van der Waals surface area (Å²) in [6.07, 6.45) is 0.151. The van der Waals surface area contributed by atoms with Crippen molar-refractivity contribution in [3.8, 4) is 5.75 Å². The number of ether oxygens (including phenoxy) is 1. The summed E-state index contributed by atoms with van der Waals surface area (Å²) >= 11 is 6.33. The third-order valence-corrected chi connectivity index (χ3v) is 5.33. The van der Waals surface area contributed by atoms with Crippen LogP contribution in [0.2, 0.25) is 5.02 Å². The summed E-state index contributed by atoms with van der Waals surface area (Å²) in [5.74, 6) is 0.803. The van der Waals surface area contributed by atoms with Crippen LogP contribution in [-0.4, -0.2) is 44.7 Å². The van der Waals surface area contributed by atoms with Crippen LogP contribution >= 0.6 is 11.6 Å². The van der Waals surface area contributed by atoms with E-state index in [2.05, 4.69) is 15.5 Å². The number of aryl methyl sites for hydroxylation is 1. The number of aromatic nitrogens is 2. The molecule has 3 N–H and O–H groups in total. The zero-order valence-electron chi connectivity index (χ0n) is 16.3. The van der Waals surface area contributed by atoms with Crippen LogP contribution in [0.25, 0.3) is 10.9 Å². The van der Waals surface area contributed by atoms with Crippen LogP contribution in [0.5, 0.6) is 5.75 Å². The predicted octanol–water partition coefficient (Wildman–Crippen LogP) is 3.46. The summed E-state index contributed by atoms with van der Waals surface area (Å²) in [7, 11) is 0. The van der Waals surface area contributed by atoms with Crippen molar-refractivity contribution in [3.63, 3.8) is 0 Å². The Kier molecular flexibility index (Phi) is 5.54. The van der Waals surface area contributed by atoms with Gasteiger partial charge in [0.25, 0.3) is 0 Å². The number of benzene rings is 1. The topological polar surface area (TPSA) is 121 Å². The molecule has 3 aromatic rings. The molecule has 0 radical (unpaired) electrons. The van der Waals surface area contributed by atoms with Gasteiger partial charge in [0.1, 0.15) is 18.4 Å². The van der Waals surface area contributed by atoms with Crippen molar-refractivity contribution in [1.29, 1.82) is 0 Å². The second-order valence-corrected chi connectivity index (χ2v) is 7.65. The molecular formula is C20H21ClN4O5. The lowest BCUT2D eigenvalue weighted by molar-refractivity contribution is -0.125. The molecule has 1 aliphatic rings. The Morgan fingerprint density at radius 1 is 1.40 bits per heavy atom. The van der Waals surface area contributed by atoms with Gasteiger partial charge in [-0.2, -0.15) is 0 Å². The normalized spacial score (nSPS) is 16.2. The Morgan fingerprint density at radius 2 is 2.23 bits per heavy atom. The number of halogens is 1. The van der Waals surface area contributed by atoms with E-state index in [1.165, 1.54) is 4.90 Å². The number of nitrogens with one attached hydrogen (secondary N) is 2. The Bertz CT molecular complexity index is 1090. The summed E-state index contributed by atoms with van der Waals surface area (Å²) < 4.78 is 10.9. The fourth-order valence-electron chi connectivity index (χ4n) is 3.60. The van der Waals surface area contributed by atoms with E-state index in [1.54, 1.807) is 18.2 Å². The third-order valence-electron chi connectivity index (χ3n) is 5.03. The van der Waals surface area contributed by atoms with E-state index in [1.807, 2.05) is 13.0 Å². The Labute approximate surface area is 176 Å². The average molecular weight is 433 g/mol. The second kappa shape index (κ2) is 8.27. The first-order valence-electron chi connectivity index (χ1n) is 9.54. The summed E-state index contributed by atoms with van der Waals surface area (Å²) in [6, 6.07) is 6.60. The van der Waals surface area contributed by atoms with E-state index in [-0.39, 0.29) is 19.1 Å². The zero-order valence-corrected chi connectivity index (χ0v) is 17.0. The number of carbonyl (C=O) groups is 2. The van der Waals surface area contributed by atoms with E-state index < -0.39 is 12.1 Å². The van der Waals surface area contributed by atoms with Gasteiger partial charge in [0.05, 0.1) is 17.3 Å². The fourth-order valence-corrected chi connectivity index (χ4v) is 3.83. The summed E-state index contributed by atoms with van der Waals surface area (Å²) in [5.41, 5.74) is 2.35. The number of likely N-dealkylation sites (tertiary alicyclic amines) is 1. The standard InChI is InChI=1S/C20H21ClN4O5/c1-11-5-14(30-24-11)10-29-18-8-16-12(7-15(18)21)6-13(23-16)9-22-19(26)17-3-2-4-25(17)20(27)28/h5-8,17,23H,2-4,9-10H2,1H3,(H,22,26)(H,27,28). The summed E-state index contributed by atoms with van der Waals surface area (Å²) in [5, 5.41) is 17.1. The van der Waals surface area contributed by atoms with Crippen molar-refractivity contribution in [3.05, 3.63) is 46.4 Å². The van der Waals surface area contributed by atoms with Crippen molar-refractivity contribution in [2.75, 3.05) is 6.54 Å². The molecule has 2 aromatic heterocycles. The van der Waals surface area contributed by atoms with Gasteiger partial charge in [-0.05, 0) is 31.9 Å². The number of carboxylic acid groups (broad SMARTS) is 1. The number of nitrogens with zero attached hydrogens (tertiary/aromatic N) is 2. The van der Waals surface area contributed by atoms with Crippen LogP contribution in [0.15, 0.2) is 28.8 Å². The van der Waals surface area contributed by atoms with Gasteiger partial charge in [0.2, 0.25) is 5.91 Å². The molecule has 1 saturated heterocycles. The lowest BCUT2D eigenvalue weighted by Gasteiger charge is -2.20.